The first-order valence-corrected chi connectivity index (χ1v) is 13.7. The number of ether oxygens (including phenoxy) is 2. The molecular weight excluding hydrogens is 511 g/mol. The van der Waals surface area contributed by atoms with Crippen molar-refractivity contribution in [3.05, 3.63) is 59.9 Å². The number of anilines is 1. The fraction of sp³-hybridized carbons (Fsp3) is 0.370. The Morgan fingerprint density at radius 2 is 1.89 bits per heavy atom. The second kappa shape index (κ2) is 10.6. The van der Waals surface area contributed by atoms with Gasteiger partial charge in [0.2, 0.25) is 5.88 Å². The summed E-state index contributed by atoms with van der Waals surface area (Å²) in [4.78, 5) is 21.3. The van der Waals surface area contributed by atoms with Crippen LogP contribution in [0.1, 0.15) is 44.5 Å². The summed E-state index contributed by atoms with van der Waals surface area (Å²) in [7, 11) is -4.31. The lowest BCUT2D eigenvalue weighted by atomic mass is 10.1. The SMILES string of the molecule is CC(C)COc1cc(F)cc(-c2ccc(C(=O)NS(=O)(=O)c3cccc(N)n3)c(OCC3CC3(C)C)n2)c1. The quantitative estimate of drug-likeness (QED) is 0.384. The summed E-state index contributed by atoms with van der Waals surface area (Å²) in [5.74, 6) is -0.661. The molecule has 1 amide bonds. The van der Waals surface area contributed by atoms with Crippen LogP contribution in [0.2, 0.25) is 0 Å². The molecule has 1 aliphatic carbocycles. The zero-order chi connectivity index (χ0) is 27.7. The van der Waals surface area contributed by atoms with E-state index in [9.17, 15) is 17.6 Å². The second-order valence-corrected chi connectivity index (χ2v) is 12.1. The zero-order valence-corrected chi connectivity index (χ0v) is 22.5. The number of nitrogens with one attached hydrogen (secondary N) is 1. The standard InChI is InChI=1S/C27H31FN4O5S/c1-16(2)14-36-20-11-17(10-19(28)12-20)22-9-8-21(26(30-22)37-15-18-13-27(18,3)4)25(33)32-38(34,35)24-7-5-6-23(29)31-24/h5-12,16,18H,13-15H2,1-4H3,(H2,29,31)(H,32,33). The van der Waals surface area contributed by atoms with Gasteiger partial charge in [-0.1, -0.05) is 33.8 Å². The number of nitrogens with two attached hydrogens (primary N) is 1. The van der Waals surface area contributed by atoms with Gasteiger partial charge in [-0.2, -0.15) is 8.42 Å². The average molecular weight is 543 g/mol. The molecule has 0 saturated heterocycles. The highest BCUT2D eigenvalue weighted by atomic mass is 32.2. The van der Waals surface area contributed by atoms with Gasteiger partial charge in [0.05, 0.1) is 18.9 Å². The molecule has 1 aromatic carbocycles. The molecule has 1 atom stereocenters. The number of benzene rings is 1. The number of aromatic nitrogens is 2. The first-order chi connectivity index (χ1) is 17.8. The smallest absolute Gasteiger partial charge is 0.281 e. The van der Waals surface area contributed by atoms with Crippen LogP contribution in [0, 0.1) is 23.1 Å². The third kappa shape index (κ3) is 6.58. The topological polar surface area (TPSA) is 134 Å². The van der Waals surface area contributed by atoms with Crippen LogP contribution in [0.3, 0.4) is 0 Å². The predicted octanol–water partition coefficient (Wildman–Crippen LogP) is 4.44. The van der Waals surface area contributed by atoms with Gasteiger partial charge in [0, 0.05) is 11.6 Å². The molecule has 0 aliphatic heterocycles. The molecule has 202 valence electrons. The Morgan fingerprint density at radius 3 is 2.55 bits per heavy atom. The number of hydrogen-bond donors (Lipinski definition) is 2. The van der Waals surface area contributed by atoms with Crippen LogP contribution in [0.4, 0.5) is 10.2 Å². The molecule has 9 nitrogen and oxygen atoms in total. The van der Waals surface area contributed by atoms with E-state index in [0.29, 0.717) is 30.2 Å². The lowest BCUT2D eigenvalue weighted by molar-refractivity contribution is 0.0976. The van der Waals surface area contributed by atoms with Crippen molar-refractivity contribution in [1.29, 1.82) is 0 Å². The van der Waals surface area contributed by atoms with Gasteiger partial charge < -0.3 is 15.2 Å². The van der Waals surface area contributed by atoms with E-state index in [-0.39, 0.29) is 34.5 Å². The molecule has 1 aliphatic rings. The molecule has 4 rings (SSSR count). The highest BCUT2D eigenvalue weighted by molar-refractivity contribution is 7.90. The molecule has 11 heteroatoms. The van der Waals surface area contributed by atoms with Crippen molar-refractivity contribution < 1.29 is 27.1 Å². The maximum atomic E-state index is 14.4. The van der Waals surface area contributed by atoms with Crippen molar-refractivity contribution in [2.75, 3.05) is 18.9 Å². The molecule has 1 unspecified atom stereocenters. The van der Waals surface area contributed by atoms with E-state index >= 15 is 0 Å². The minimum Gasteiger partial charge on any atom is -0.493 e. The monoisotopic (exact) mass is 542 g/mol. The third-order valence-corrected chi connectivity index (χ3v) is 7.47. The molecule has 3 N–H and O–H groups in total. The molecule has 3 aromatic rings. The van der Waals surface area contributed by atoms with E-state index in [2.05, 4.69) is 23.8 Å². The number of nitrogen functional groups attached to an aromatic ring is 1. The molecule has 0 bridgehead atoms. The van der Waals surface area contributed by atoms with Crippen LogP contribution in [0.25, 0.3) is 11.3 Å². The Kier molecular flexibility index (Phi) is 7.59. The number of halogens is 1. The van der Waals surface area contributed by atoms with E-state index in [1.165, 1.54) is 42.5 Å². The Bertz CT molecular complexity index is 1460. The van der Waals surface area contributed by atoms with E-state index in [1.54, 1.807) is 6.07 Å². The summed E-state index contributed by atoms with van der Waals surface area (Å²) in [5, 5.41) is -0.397. The fourth-order valence-corrected chi connectivity index (χ4v) is 4.73. The molecular formula is C27H31FN4O5S. The summed E-state index contributed by atoms with van der Waals surface area (Å²) < 4.78 is 53.5. The molecule has 1 saturated carbocycles. The largest absolute Gasteiger partial charge is 0.493 e. The first kappa shape index (κ1) is 27.3. The number of carbonyl (C=O) groups excluding carboxylic acids is 1. The van der Waals surface area contributed by atoms with Crippen molar-refractivity contribution in [3.63, 3.8) is 0 Å². The maximum absolute atomic E-state index is 14.4. The van der Waals surface area contributed by atoms with Gasteiger partial charge in [-0.25, -0.2) is 19.1 Å². The van der Waals surface area contributed by atoms with Crippen molar-refractivity contribution in [3.8, 4) is 22.9 Å². The van der Waals surface area contributed by atoms with Gasteiger partial charge >= 0.3 is 0 Å². The minimum absolute atomic E-state index is 0.00532. The fourth-order valence-electron chi connectivity index (χ4n) is 3.79. The summed E-state index contributed by atoms with van der Waals surface area (Å²) in [6.45, 7) is 8.89. The molecule has 0 radical (unpaired) electrons. The summed E-state index contributed by atoms with van der Waals surface area (Å²) in [6.07, 6.45) is 0.949. The number of sulfonamides is 1. The van der Waals surface area contributed by atoms with Gasteiger partial charge in [0.15, 0.2) is 5.03 Å². The Labute approximate surface area is 221 Å². The minimum atomic E-state index is -4.31. The van der Waals surface area contributed by atoms with Crippen LogP contribution in [-0.4, -0.2) is 37.5 Å². The van der Waals surface area contributed by atoms with Crippen molar-refractivity contribution in [1.82, 2.24) is 14.7 Å². The Hall–Kier alpha value is -3.73. The van der Waals surface area contributed by atoms with Crippen LogP contribution in [0.15, 0.2) is 53.6 Å². The highest BCUT2D eigenvalue weighted by Crippen LogP contribution is 2.51. The maximum Gasteiger partial charge on any atom is 0.281 e. The van der Waals surface area contributed by atoms with Crippen molar-refractivity contribution in [2.24, 2.45) is 17.3 Å². The van der Waals surface area contributed by atoms with Gasteiger partial charge in [0.1, 0.15) is 22.9 Å². The highest BCUT2D eigenvalue weighted by Gasteiger charge is 2.46. The van der Waals surface area contributed by atoms with E-state index in [4.69, 9.17) is 15.2 Å². The average Bonchev–Trinajstić information content (AvgIpc) is 3.46. The Balaban J connectivity index is 1.65. The van der Waals surface area contributed by atoms with Crippen molar-refractivity contribution in [2.45, 2.75) is 39.1 Å². The number of nitrogens with zero attached hydrogens (tertiary/aromatic N) is 2. The van der Waals surface area contributed by atoms with Gasteiger partial charge in [0.25, 0.3) is 15.9 Å². The van der Waals surface area contributed by atoms with Crippen molar-refractivity contribution >= 4 is 21.7 Å². The lowest BCUT2D eigenvalue weighted by Gasteiger charge is -2.14. The number of rotatable bonds is 10. The summed E-state index contributed by atoms with van der Waals surface area (Å²) in [5.41, 5.74) is 6.36. The molecule has 1 fully saturated rings. The molecule has 2 heterocycles. The molecule has 38 heavy (non-hydrogen) atoms. The van der Waals surface area contributed by atoms with E-state index in [0.717, 1.165) is 6.42 Å². The van der Waals surface area contributed by atoms with Gasteiger partial charge in [-0.15, -0.1) is 0 Å². The van der Waals surface area contributed by atoms with Crippen LogP contribution in [0.5, 0.6) is 11.6 Å². The normalized spacial score (nSPS) is 16.2. The number of carbonyl (C=O) groups is 1. The number of pyridine rings is 2. The summed E-state index contributed by atoms with van der Waals surface area (Å²) >= 11 is 0. The van der Waals surface area contributed by atoms with Gasteiger partial charge in [-0.05, 0) is 60.1 Å². The first-order valence-electron chi connectivity index (χ1n) is 12.2. The van der Waals surface area contributed by atoms with E-state index in [1.807, 2.05) is 18.6 Å². The lowest BCUT2D eigenvalue weighted by Crippen LogP contribution is -2.31. The summed E-state index contributed by atoms with van der Waals surface area (Å²) in [6, 6.07) is 11.2. The third-order valence-electron chi connectivity index (χ3n) is 6.24. The van der Waals surface area contributed by atoms with Crippen LogP contribution >= 0.6 is 0 Å². The van der Waals surface area contributed by atoms with Gasteiger partial charge in [-0.3, -0.25) is 4.79 Å². The van der Waals surface area contributed by atoms with Crippen LogP contribution in [-0.2, 0) is 10.0 Å². The number of hydrogen-bond acceptors (Lipinski definition) is 8. The van der Waals surface area contributed by atoms with E-state index < -0.39 is 26.8 Å². The number of amides is 1. The van der Waals surface area contributed by atoms with Crippen LogP contribution < -0.4 is 19.9 Å². The zero-order valence-electron chi connectivity index (χ0n) is 21.7. The molecule has 2 aromatic heterocycles. The Morgan fingerprint density at radius 1 is 1.16 bits per heavy atom. The predicted molar refractivity (Wildman–Crippen MR) is 141 cm³/mol. The molecule has 0 spiro atoms. The second-order valence-electron chi connectivity index (χ2n) is 10.5.